The number of allylic oxidation sites excluding steroid dienone is 8. The van der Waals surface area contributed by atoms with Crippen LogP contribution in [0.15, 0.2) is 48.1 Å². The van der Waals surface area contributed by atoms with Gasteiger partial charge in [0, 0.05) is 0 Å². The fourth-order valence-electron chi connectivity index (χ4n) is 2.09. The minimum atomic E-state index is 0.727. The van der Waals surface area contributed by atoms with Gasteiger partial charge in [0.05, 0.1) is 0 Å². The average molecular weight is 172 g/mol. The van der Waals surface area contributed by atoms with Crippen molar-refractivity contribution in [2.45, 2.75) is 19.8 Å². The van der Waals surface area contributed by atoms with E-state index in [-0.39, 0.29) is 0 Å². The summed E-state index contributed by atoms with van der Waals surface area (Å²) in [5.74, 6) is 1.45. The first-order valence-corrected chi connectivity index (χ1v) is 5.04. The second-order valence-corrected chi connectivity index (χ2v) is 3.93. The summed E-state index contributed by atoms with van der Waals surface area (Å²) in [6.07, 6.45) is 18.3. The predicted molar refractivity (Wildman–Crippen MR) is 57.4 cm³/mol. The maximum absolute atomic E-state index is 2.41. The lowest BCUT2D eigenvalue weighted by atomic mass is 9.82. The highest BCUT2D eigenvalue weighted by Crippen LogP contribution is 2.29. The minimum absolute atomic E-state index is 0.727. The molecule has 0 N–H and O–H groups in total. The van der Waals surface area contributed by atoms with Crippen LogP contribution in [0.4, 0.5) is 0 Å². The van der Waals surface area contributed by atoms with Crippen molar-refractivity contribution in [2.24, 2.45) is 11.8 Å². The smallest absolute Gasteiger partial charge is 0.0127 e. The molecule has 0 aromatic heterocycles. The lowest BCUT2D eigenvalue weighted by Gasteiger charge is -2.23. The summed E-state index contributed by atoms with van der Waals surface area (Å²) in [4.78, 5) is 0. The Kier molecular flexibility index (Phi) is 2.49. The van der Waals surface area contributed by atoms with Crippen LogP contribution in [0, 0.1) is 11.8 Å². The summed E-state index contributed by atoms with van der Waals surface area (Å²) < 4.78 is 0. The van der Waals surface area contributed by atoms with E-state index < -0.39 is 0 Å². The highest BCUT2D eigenvalue weighted by molar-refractivity contribution is 5.24. The molecule has 0 radical (unpaired) electrons. The molecule has 2 unspecified atom stereocenters. The van der Waals surface area contributed by atoms with Gasteiger partial charge in [-0.15, -0.1) is 0 Å². The molecule has 2 aliphatic rings. The largest absolute Gasteiger partial charge is 0.0839 e. The van der Waals surface area contributed by atoms with Crippen molar-refractivity contribution in [1.82, 2.24) is 0 Å². The maximum Gasteiger partial charge on any atom is -0.0127 e. The van der Waals surface area contributed by atoms with Gasteiger partial charge in [-0.2, -0.15) is 0 Å². The maximum atomic E-state index is 2.41. The molecule has 0 bridgehead atoms. The minimum Gasteiger partial charge on any atom is -0.0839 e. The molecule has 0 nitrogen and oxygen atoms in total. The molecule has 0 saturated heterocycles. The molecule has 0 aromatic carbocycles. The molecule has 0 aromatic rings. The van der Waals surface area contributed by atoms with E-state index in [1.165, 1.54) is 18.4 Å². The predicted octanol–water partition coefficient (Wildman–Crippen LogP) is 3.64. The van der Waals surface area contributed by atoms with Crippen molar-refractivity contribution in [3.05, 3.63) is 48.1 Å². The van der Waals surface area contributed by atoms with E-state index in [0.29, 0.717) is 0 Å². The van der Waals surface area contributed by atoms with Gasteiger partial charge < -0.3 is 0 Å². The fraction of sp³-hybridized carbons (Fsp3) is 0.385. The normalized spacial score (nSPS) is 31.9. The van der Waals surface area contributed by atoms with E-state index in [1.807, 2.05) is 0 Å². The van der Waals surface area contributed by atoms with E-state index >= 15 is 0 Å². The summed E-state index contributed by atoms with van der Waals surface area (Å²) in [7, 11) is 0. The van der Waals surface area contributed by atoms with Gasteiger partial charge in [-0.3, -0.25) is 0 Å². The third-order valence-corrected chi connectivity index (χ3v) is 2.83. The van der Waals surface area contributed by atoms with Crippen molar-refractivity contribution in [3.8, 4) is 0 Å². The molecule has 2 aliphatic carbocycles. The second kappa shape index (κ2) is 3.78. The van der Waals surface area contributed by atoms with Gasteiger partial charge >= 0.3 is 0 Å². The van der Waals surface area contributed by atoms with Crippen LogP contribution in [0.5, 0.6) is 0 Å². The van der Waals surface area contributed by atoms with Crippen LogP contribution >= 0.6 is 0 Å². The highest BCUT2D eigenvalue weighted by atomic mass is 14.2. The standard InChI is InChI=1S/C13H16/c1-11-6-5-9-13(10-11)12-7-3-2-4-8-12/h2-7,10,12-13H,8-9H2,1H3. The Morgan fingerprint density at radius 1 is 1.08 bits per heavy atom. The SMILES string of the molecule is CC1=CC(C2C=CC=CC2)CC=C1. The van der Waals surface area contributed by atoms with E-state index in [2.05, 4.69) is 49.5 Å². The summed E-state index contributed by atoms with van der Waals surface area (Å²) in [6, 6.07) is 0. The topological polar surface area (TPSA) is 0 Å². The van der Waals surface area contributed by atoms with Gasteiger partial charge in [0.1, 0.15) is 0 Å². The monoisotopic (exact) mass is 172 g/mol. The van der Waals surface area contributed by atoms with Crippen molar-refractivity contribution < 1.29 is 0 Å². The quantitative estimate of drug-likeness (QED) is 0.566. The Morgan fingerprint density at radius 2 is 1.92 bits per heavy atom. The van der Waals surface area contributed by atoms with Crippen LogP contribution in [0.1, 0.15) is 19.8 Å². The van der Waals surface area contributed by atoms with E-state index in [9.17, 15) is 0 Å². The first-order chi connectivity index (χ1) is 6.36. The average Bonchev–Trinajstić information content (AvgIpc) is 2.19. The van der Waals surface area contributed by atoms with Crippen LogP contribution in [-0.2, 0) is 0 Å². The van der Waals surface area contributed by atoms with Crippen LogP contribution in [0.3, 0.4) is 0 Å². The Labute approximate surface area is 80.3 Å². The Hall–Kier alpha value is -1.04. The molecule has 13 heavy (non-hydrogen) atoms. The van der Waals surface area contributed by atoms with E-state index in [4.69, 9.17) is 0 Å². The molecule has 68 valence electrons. The first-order valence-electron chi connectivity index (χ1n) is 5.04. The second-order valence-electron chi connectivity index (χ2n) is 3.93. The molecule has 2 atom stereocenters. The number of rotatable bonds is 1. The Morgan fingerprint density at radius 3 is 2.62 bits per heavy atom. The van der Waals surface area contributed by atoms with Crippen molar-refractivity contribution in [3.63, 3.8) is 0 Å². The fourth-order valence-corrected chi connectivity index (χ4v) is 2.09. The van der Waals surface area contributed by atoms with Crippen molar-refractivity contribution in [1.29, 1.82) is 0 Å². The molecule has 0 spiro atoms. The van der Waals surface area contributed by atoms with Gasteiger partial charge in [0.15, 0.2) is 0 Å². The summed E-state index contributed by atoms with van der Waals surface area (Å²) in [5.41, 5.74) is 1.42. The van der Waals surface area contributed by atoms with Crippen LogP contribution in [0.2, 0.25) is 0 Å². The molecule has 0 aliphatic heterocycles. The zero-order chi connectivity index (χ0) is 9.10. The van der Waals surface area contributed by atoms with Crippen molar-refractivity contribution in [2.75, 3.05) is 0 Å². The van der Waals surface area contributed by atoms with E-state index in [0.717, 1.165) is 11.8 Å². The van der Waals surface area contributed by atoms with Gasteiger partial charge in [-0.1, -0.05) is 48.1 Å². The van der Waals surface area contributed by atoms with Gasteiger partial charge in [-0.05, 0) is 31.6 Å². The third-order valence-electron chi connectivity index (χ3n) is 2.83. The summed E-state index contributed by atoms with van der Waals surface area (Å²) in [5, 5.41) is 0. The molecule has 0 saturated carbocycles. The van der Waals surface area contributed by atoms with Crippen molar-refractivity contribution >= 4 is 0 Å². The molecule has 2 rings (SSSR count). The summed E-state index contributed by atoms with van der Waals surface area (Å²) >= 11 is 0. The Bertz CT molecular complexity index is 289. The zero-order valence-corrected chi connectivity index (χ0v) is 8.11. The summed E-state index contributed by atoms with van der Waals surface area (Å²) in [6.45, 7) is 2.19. The zero-order valence-electron chi connectivity index (χ0n) is 8.11. The lowest BCUT2D eigenvalue weighted by Crippen LogP contribution is -2.12. The first kappa shape index (κ1) is 8.55. The Balaban J connectivity index is 2.06. The third kappa shape index (κ3) is 2.00. The number of hydrogen-bond acceptors (Lipinski definition) is 0. The van der Waals surface area contributed by atoms with Crippen LogP contribution in [0.25, 0.3) is 0 Å². The highest BCUT2D eigenvalue weighted by Gasteiger charge is 2.17. The van der Waals surface area contributed by atoms with Gasteiger partial charge in [0.25, 0.3) is 0 Å². The molecule has 0 fully saturated rings. The molecule has 0 heterocycles. The molecular weight excluding hydrogens is 156 g/mol. The molecule has 0 heteroatoms. The van der Waals surface area contributed by atoms with Gasteiger partial charge in [0.2, 0.25) is 0 Å². The van der Waals surface area contributed by atoms with Crippen LogP contribution in [-0.4, -0.2) is 0 Å². The van der Waals surface area contributed by atoms with Gasteiger partial charge in [-0.25, -0.2) is 0 Å². The molecule has 0 amide bonds. The molecular formula is C13H16. The number of hydrogen-bond donors (Lipinski definition) is 0. The van der Waals surface area contributed by atoms with Crippen LogP contribution < -0.4 is 0 Å². The van der Waals surface area contributed by atoms with E-state index in [1.54, 1.807) is 0 Å². The lowest BCUT2D eigenvalue weighted by molar-refractivity contribution is 0.475.